The molecule has 0 aromatic heterocycles. The van der Waals surface area contributed by atoms with Crippen molar-refractivity contribution < 1.29 is 0 Å². The zero-order chi connectivity index (χ0) is 14.5. The summed E-state index contributed by atoms with van der Waals surface area (Å²) in [7, 11) is 2.21. The third-order valence-electron chi connectivity index (χ3n) is 4.40. The summed E-state index contributed by atoms with van der Waals surface area (Å²) in [5.74, 6) is 0. The van der Waals surface area contributed by atoms with Crippen LogP contribution in [0, 0.1) is 0 Å². The molecule has 1 aliphatic carbocycles. The van der Waals surface area contributed by atoms with Gasteiger partial charge in [0, 0.05) is 16.6 Å². The van der Waals surface area contributed by atoms with E-state index in [4.69, 9.17) is 0 Å². The SMILES string of the molecule is CC(C)N(C)CCCNC1CCc2cc(Br)ccc2C1. The van der Waals surface area contributed by atoms with Crippen LogP contribution in [0.3, 0.4) is 0 Å². The molecular formula is C17H27BrN2. The second-order valence-electron chi connectivity index (χ2n) is 6.23. The summed E-state index contributed by atoms with van der Waals surface area (Å²) >= 11 is 3.56. The zero-order valence-corrected chi connectivity index (χ0v) is 14.5. The Kier molecular flexibility index (Phi) is 6.06. The lowest BCUT2D eigenvalue weighted by molar-refractivity contribution is 0.267. The monoisotopic (exact) mass is 338 g/mol. The minimum atomic E-state index is 0.648. The molecule has 112 valence electrons. The molecule has 0 saturated heterocycles. The van der Waals surface area contributed by atoms with Crippen LogP contribution < -0.4 is 5.32 Å². The van der Waals surface area contributed by atoms with E-state index in [0.29, 0.717) is 12.1 Å². The van der Waals surface area contributed by atoms with Gasteiger partial charge in [-0.1, -0.05) is 22.0 Å². The number of rotatable bonds is 6. The number of nitrogens with one attached hydrogen (secondary N) is 1. The van der Waals surface area contributed by atoms with Gasteiger partial charge in [0.1, 0.15) is 0 Å². The van der Waals surface area contributed by atoms with Gasteiger partial charge in [0.15, 0.2) is 0 Å². The predicted octanol–water partition coefficient (Wildman–Crippen LogP) is 3.63. The van der Waals surface area contributed by atoms with Gasteiger partial charge in [0.05, 0.1) is 0 Å². The van der Waals surface area contributed by atoms with Crippen LogP contribution in [0.15, 0.2) is 22.7 Å². The van der Waals surface area contributed by atoms with E-state index in [-0.39, 0.29) is 0 Å². The first-order valence-electron chi connectivity index (χ1n) is 7.77. The van der Waals surface area contributed by atoms with E-state index in [1.807, 2.05) is 0 Å². The summed E-state index contributed by atoms with van der Waals surface area (Å²) in [6.45, 7) is 6.82. The summed E-state index contributed by atoms with van der Waals surface area (Å²) < 4.78 is 1.21. The molecule has 0 fully saturated rings. The van der Waals surface area contributed by atoms with E-state index in [2.05, 4.69) is 65.2 Å². The zero-order valence-electron chi connectivity index (χ0n) is 13.0. The lowest BCUT2D eigenvalue weighted by Crippen LogP contribution is -2.37. The molecule has 0 radical (unpaired) electrons. The van der Waals surface area contributed by atoms with E-state index >= 15 is 0 Å². The first-order chi connectivity index (χ1) is 9.56. The van der Waals surface area contributed by atoms with Gasteiger partial charge in [-0.05, 0) is 82.9 Å². The summed E-state index contributed by atoms with van der Waals surface area (Å²) in [6.07, 6.45) is 4.89. The van der Waals surface area contributed by atoms with Crippen molar-refractivity contribution in [2.24, 2.45) is 0 Å². The Balaban J connectivity index is 1.72. The Bertz CT molecular complexity index is 431. The second-order valence-corrected chi connectivity index (χ2v) is 7.15. The lowest BCUT2D eigenvalue weighted by atomic mass is 9.88. The maximum Gasteiger partial charge on any atom is 0.0178 e. The van der Waals surface area contributed by atoms with E-state index in [0.717, 1.165) is 6.54 Å². The summed E-state index contributed by atoms with van der Waals surface area (Å²) in [6, 6.07) is 8.03. The molecule has 1 atom stereocenters. The first-order valence-corrected chi connectivity index (χ1v) is 8.56. The third kappa shape index (κ3) is 4.57. The summed E-state index contributed by atoms with van der Waals surface area (Å²) in [5.41, 5.74) is 3.05. The van der Waals surface area contributed by atoms with Crippen molar-refractivity contribution in [1.82, 2.24) is 10.2 Å². The standard InChI is InChI=1S/C17H27BrN2/c1-13(2)20(3)10-4-9-19-17-8-6-14-11-16(18)7-5-15(14)12-17/h5,7,11,13,17,19H,4,6,8-10,12H2,1-3H3. The molecule has 0 saturated carbocycles. The molecule has 0 heterocycles. The van der Waals surface area contributed by atoms with E-state index in [1.54, 1.807) is 0 Å². The second kappa shape index (κ2) is 7.58. The van der Waals surface area contributed by atoms with E-state index in [9.17, 15) is 0 Å². The smallest absolute Gasteiger partial charge is 0.0178 e. The van der Waals surface area contributed by atoms with Crippen molar-refractivity contribution in [3.63, 3.8) is 0 Å². The number of hydrogen-bond donors (Lipinski definition) is 1. The molecule has 0 bridgehead atoms. The molecule has 1 aromatic carbocycles. The Morgan fingerprint density at radius 2 is 2.15 bits per heavy atom. The Morgan fingerprint density at radius 1 is 1.35 bits per heavy atom. The average Bonchev–Trinajstić information content (AvgIpc) is 2.43. The predicted molar refractivity (Wildman–Crippen MR) is 90.3 cm³/mol. The van der Waals surface area contributed by atoms with Crippen LogP contribution in [-0.4, -0.2) is 37.1 Å². The lowest BCUT2D eigenvalue weighted by Gasteiger charge is -2.26. The van der Waals surface area contributed by atoms with Crippen molar-refractivity contribution in [2.45, 2.75) is 51.6 Å². The van der Waals surface area contributed by atoms with Gasteiger partial charge in [0.25, 0.3) is 0 Å². The van der Waals surface area contributed by atoms with Gasteiger partial charge >= 0.3 is 0 Å². The molecular weight excluding hydrogens is 312 g/mol. The van der Waals surface area contributed by atoms with Gasteiger partial charge in [-0.15, -0.1) is 0 Å². The van der Waals surface area contributed by atoms with Crippen LogP contribution in [0.2, 0.25) is 0 Å². The van der Waals surface area contributed by atoms with Crippen LogP contribution in [0.4, 0.5) is 0 Å². The highest BCUT2D eigenvalue weighted by Crippen LogP contribution is 2.24. The normalized spacial score (nSPS) is 18.6. The topological polar surface area (TPSA) is 15.3 Å². The molecule has 1 unspecified atom stereocenters. The van der Waals surface area contributed by atoms with Crippen LogP contribution in [0.1, 0.15) is 37.8 Å². The number of fused-ring (bicyclic) bond motifs is 1. The van der Waals surface area contributed by atoms with Gasteiger partial charge in [0.2, 0.25) is 0 Å². The Labute approximate surface area is 132 Å². The van der Waals surface area contributed by atoms with Gasteiger partial charge in [-0.3, -0.25) is 0 Å². The van der Waals surface area contributed by atoms with Crippen molar-refractivity contribution >= 4 is 15.9 Å². The van der Waals surface area contributed by atoms with Gasteiger partial charge in [-0.25, -0.2) is 0 Å². The molecule has 1 aliphatic rings. The highest BCUT2D eigenvalue weighted by Gasteiger charge is 2.18. The van der Waals surface area contributed by atoms with Crippen molar-refractivity contribution in [3.8, 4) is 0 Å². The van der Waals surface area contributed by atoms with Crippen molar-refractivity contribution in [2.75, 3.05) is 20.1 Å². The average molecular weight is 339 g/mol. The highest BCUT2D eigenvalue weighted by molar-refractivity contribution is 9.10. The van der Waals surface area contributed by atoms with Gasteiger partial charge in [-0.2, -0.15) is 0 Å². The molecule has 0 amide bonds. The van der Waals surface area contributed by atoms with Crippen molar-refractivity contribution in [3.05, 3.63) is 33.8 Å². The fourth-order valence-corrected chi connectivity index (χ4v) is 3.20. The van der Waals surface area contributed by atoms with Crippen LogP contribution in [-0.2, 0) is 12.8 Å². The molecule has 2 rings (SSSR count). The Hall–Kier alpha value is -0.380. The van der Waals surface area contributed by atoms with Crippen LogP contribution in [0.5, 0.6) is 0 Å². The minimum absolute atomic E-state index is 0.648. The number of aryl methyl sites for hydroxylation is 1. The molecule has 20 heavy (non-hydrogen) atoms. The molecule has 2 nitrogen and oxygen atoms in total. The largest absolute Gasteiger partial charge is 0.314 e. The van der Waals surface area contributed by atoms with Gasteiger partial charge < -0.3 is 10.2 Å². The van der Waals surface area contributed by atoms with Crippen molar-refractivity contribution in [1.29, 1.82) is 0 Å². The molecule has 0 spiro atoms. The summed E-state index contributed by atoms with van der Waals surface area (Å²) in [5, 5.41) is 3.73. The Morgan fingerprint density at radius 3 is 2.90 bits per heavy atom. The number of benzene rings is 1. The number of hydrogen-bond acceptors (Lipinski definition) is 2. The maximum atomic E-state index is 3.73. The first kappa shape index (κ1) is 16.0. The van der Waals surface area contributed by atoms with E-state index in [1.165, 1.54) is 47.8 Å². The number of nitrogens with zero attached hydrogens (tertiary/aromatic N) is 1. The fourth-order valence-electron chi connectivity index (χ4n) is 2.79. The number of halogens is 1. The summed E-state index contributed by atoms with van der Waals surface area (Å²) in [4.78, 5) is 2.41. The van der Waals surface area contributed by atoms with Crippen LogP contribution in [0.25, 0.3) is 0 Å². The highest BCUT2D eigenvalue weighted by atomic mass is 79.9. The third-order valence-corrected chi connectivity index (χ3v) is 4.89. The molecule has 1 aromatic rings. The van der Waals surface area contributed by atoms with E-state index < -0.39 is 0 Å². The quantitative estimate of drug-likeness (QED) is 0.797. The maximum absolute atomic E-state index is 3.73. The van der Waals surface area contributed by atoms with Crippen LogP contribution >= 0.6 is 15.9 Å². The molecule has 0 aliphatic heterocycles. The molecule has 1 N–H and O–H groups in total. The minimum Gasteiger partial charge on any atom is -0.314 e. The fraction of sp³-hybridized carbons (Fsp3) is 0.647. The molecule has 3 heteroatoms.